The Bertz CT molecular complexity index is 852. The molecule has 8 heteroatoms. The third kappa shape index (κ3) is 5.52. The van der Waals surface area contributed by atoms with Crippen LogP contribution in [-0.4, -0.2) is 21.1 Å². The lowest BCUT2D eigenvalue weighted by Crippen LogP contribution is -2.12. The number of nitrogens with two attached hydrogens (primary N) is 1. The largest absolute Gasteiger partial charge is 0.490 e. The summed E-state index contributed by atoms with van der Waals surface area (Å²) >= 11 is 6.36. The van der Waals surface area contributed by atoms with Crippen LogP contribution in [0.1, 0.15) is 26.3 Å². The number of sulfonamides is 1. The third-order valence-electron chi connectivity index (χ3n) is 3.44. The maximum absolute atomic E-state index is 11.3. The van der Waals surface area contributed by atoms with Gasteiger partial charge < -0.3 is 14.8 Å². The summed E-state index contributed by atoms with van der Waals surface area (Å²) in [6, 6.07) is 9.78. The van der Waals surface area contributed by atoms with Crippen molar-refractivity contribution < 1.29 is 17.9 Å². The van der Waals surface area contributed by atoms with Crippen molar-refractivity contribution in [2.45, 2.75) is 38.3 Å². The molecule has 2 aromatic rings. The minimum absolute atomic E-state index is 0.00610. The van der Waals surface area contributed by atoms with Crippen molar-refractivity contribution in [1.29, 1.82) is 0 Å². The van der Waals surface area contributed by atoms with E-state index >= 15 is 0 Å². The molecule has 0 unspecified atom stereocenters. The quantitative estimate of drug-likeness (QED) is 0.706. The topological polar surface area (TPSA) is 90.6 Å². The van der Waals surface area contributed by atoms with E-state index in [2.05, 4.69) is 5.32 Å². The molecule has 0 bridgehead atoms. The molecule has 142 valence electrons. The first-order valence-corrected chi connectivity index (χ1v) is 10.1. The lowest BCUT2D eigenvalue weighted by atomic mass is 10.2. The number of hydrogen-bond donors (Lipinski definition) is 2. The molecule has 0 radical (unpaired) electrons. The Morgan fingerprint density at radius 2 is 1.81 bits per heavy atom. The van der Waals surface area contributed by atoms with Crippen molar-refractivity contribution in [2.75, 3.05) is 11.9 Å². The standard InChI is InChI=1S/C18H23ClN2O4S/c1-4-24-17-9-13(16(19)10-18(17)25-12(2)3)11-21-14-5-7-15(8-6-14)26(20,22)23/h5-10,12,21H,4,11H2,1-3H3,(H2,20,22,23). The molecule has 0 spiro atoms. The lowest BCUT2D eigenvalue weighted by Gasteiger charge is -2.17. The van der Waals surface area contributed by atoms with Crippen LogP contribution in [0, 0.1) is 0 Å². The number of benzene rings is 2. The highest BCUT2D eigenvalue weighted by Gasteiger charge is 2.13. The van der Waals surface area contributed by atoms with E-state index < -0.39 is 10.0 Å². The van der Waals surface area contributed by atoms with E-state index in [9.17, 15) is 8.42 Å². The number of nitrogens with one attached hydrogen (secondary N) is 1. The zero-order valence-corrected chi connectivity index (χ0v) is 16.5. The van der Waals surface area contributed by atoms with Gasteiger partial charge in [-0.1, -0.05) is 11.6 Å². The van der Waals surface area contributed by atoms with E-state index in [0.29, 0.717) is 29.7 Å². The van der Waals surface area contributed by atoms with Crippen molar-refractivity contribution in [3.05, 3.63) is 47.0 Å². The second kappa shape index (κ2) is 8.62. The van der Waals surface area contributed by atoms with Crippen LogP contribution in [0.5, 0.6) is 11.5 Å². The maximum Gasteiger partial charge on any atom is 0.238 e. The van der Waals surface area contributed by atoms with Crippen molar-refractivity contribution in [1.82, 2.24) is 0 Å². The minimum atomic E-state index is -3.70. The first-order valence-electron chi connectivity index (χ1n) is 8.19. The third-order valence-corrected chi connectivity index (χ3v) is 4.72. The lowest BCUT2D eigenvalue weighted by molar-refractivity contribution is 0.224. The molecular weight excluding hydrogens is 376 g/mol. The Kier molecular flexibility index (Phi) is 6.75. The molecule has 3 N–H and O–H groups in total. The molecule has 0 aromatic heterocycles. The van der Waals surface area contributed by atoms with E-state index in [4.69, 9.17) is 26.2 Å². The second-order valence-corrected chi connectivity index (χ2v) is 7.88. The number of hydrogen-bond acceptors (Lipinski definition) is 5. The summed E-state index contributed by atoms with van der Waals surface area (Å²) in [7, 11) is -3.70. The SMILES string of the molecule is CCOc1cc(CNc2ccc(S(N)(=O)=O)cc2)c(Cl)cc1OC(C)C. The van der Waals surface area contributed by atoms with Crippen LogP contribution in [0.4, 0.5) is 5.69 Å². The van der Waals surface area contributed by atoms with Crippen LogP contribution in [0.15, 0.2) is 41.3 Å². The summed E-state index contributed by atoms with van der Waals surface area (Å²) in [6.07, 6.45) is 0.00610. The summed E-state index contributed by atoms with van der Waals surface area (Å²) in [4.78, 5) is 0.0647. The fraction of sp³-hybridized carbons (Fsp3) is 0.333. The average Bonchev–Trinajstić information content (AvgIpc) is 2.55. The predicted molar refractivity (Wildman–Crippen MR) is 104 cm³/mol. The highest BCUT2D eigenvalue weighted by atomic mass is 35.5. The molecule has 0 fully saturated rings. The zero-order chi connectivity index (χ0) is 19.3. The van der Waals surface area contributed by atoms with Crippen molar-refractivity contribution in [2.24, 2.45) is 5.14 Å². The summed E-state index contributed by atoms with van der Waals surface area (Å²) in [5, 5.41) is 8.84. The minimum Gasteiger partial charge on any atom is -0.490 e. The summed E-state index contributed by atoms with van der Waals surface area (Å²) in [6.45, 7) is 6.72. The number of anilines is 1. The molecule has 0 atom stereocenters. The molecule has 6 nitrogen and oxygen atoms in total. The molecule has 0 aliphatic rings. The molecule has 0 amide bonds. The molecule has 0 aliphatic carbocycles. The Morgan fingerprint density at radius 3 is 2.35 bits per heavy atom. The van der Waals surface area contributed by atoms with E-state index in [0.717, 1.165) is 11.3 Å². The van der Waals surface area contributed by atoms with E-state index in [-0.39, 0.29) is 11.0 Å². The highest BCUT2D eigenvalue weighted by Crippen LogP contribution is 2.34. The summed E-state index contributed by atoms with van der Waals surface area (Å²) in [5.74, 6) is 1.24. The Hall–Kier alpha value is -1.96. The van der Waals surface area contributed by atoms with Gasteiger partial charge in [-0.3, -0.25) is 0 Å². The first-order chi connectivity index (χ1) is 12.2. The number of ether oxygens (including phenoxy) is 2. The number of primary sulfonamides is 1. The van der Waals surface area contributed by atoms with Crippen LogP contribution in [0.2, 0.25) is 5.02 Å². The van der Waals surface area contributed by atoms with Gasteiger partial charge in [0.1, 0.15) is 0 Å². The average molecular weight is 399 g/mol. The number of halogens is 1. The van der Waals surface area contributed by atoms with Crippen LogP contribution >= 0.6 is 11.6 Å². The summed E-state index contributed by atoms with van der Waals surface area (Å²) < 4.78 is 34.0. The van der Waals surface area contributed by atoms with Gasteiger partial charge >= 0.3 is 0 Å². The van der Waals surface area contributed by atoms with Crippen molar-refractivity contribution >= 4 is 27.3 Å². The second-order valence-electron chi connectivity index (χ2n) is 5.91. The Labute approximate surface area is 159 Å². The van der Waals surface area contributed by atoms with E-state index in [1.165, 1.54) is 12.1 Å². The van der Waals surface area contributed by atoms with Gasteiger partial charge in [-0.2, -0.15) is 0 Å². The zero-order valence-electron chi connectivity index (χ0n) is 15.0. The van der Waals surface area contributed by atoms with Gasteiger partial charge in [0.05, 0.1) is 17.6 Å². The van der Waals surface area contributed by atoms with Gasteiger partial charge in [0.25, 0.3) is 0 Å². The van der Waals surface area contributed by atoms with E-state index in [1.807, 2.05) is 26.8 Å². The van der Waals surface area contributed by atoms with Gasteiger partial charge in [-0.15, -0.1) is 0 Å². The van der Waals surface area contributed by atoms with Crippen LogP contribution in [0.3, 0.4) is 0 Å². The maximum atomic E-state index is 11.3. The van der Waals surface area contributed by atoms with Crippen LogP contribution in [-0.2, 0) is 16.6 Å². The van der Waals surface area contributed by atoms with Gasteiger partial charge in [0.15, 0.2) is 11.5 Å². The monoisotopic (exact) mass is 398 g/mol. The van der Waals surface area contributed by atoms with E-state index in [1.54, 1.807) is 18.2 Å². The molecule has 0 heterocycles. The fourth-order valence-electron chi connectivity index (χ4n) is 2.29. The first kappa shape index (κ1) is 20.4. The van der Waals surface area contributed by atoms with Crippen molar-refractivity contribution in [3.8, 4) is 11.5 Å². The summed E-state index contributed by atoms with van der Waals surface area (Å²) in [5.41, 5.74) is 1.58. The number of rotatable bonds is 8. The van der Waals surface area contributed by atoms with Gasteiger partial charge in [-0.25, -0.2) is 13.6 Å². The van der Waals surface area contributed by atoms with Crippen molar-refractivity contribution in [3.63, 3.8) is 0 Å². The van der Waals surface area contributed by atoms with Crippen LogP contribution < -0.4 is 19.9 Å². The molecule has 0 saturated carbocycles. The molecule has 0 aliphatic heterocycles. The molecule has 2 rings (SSSR count). The molecule has 26 heavy (non-hydrogen) atoms. The fourth-order valence-corrected chi connectivity index (χ4v) is 3.02. The molecular formula is C18H23ClN2O4S. The molecule has 0 saturated heterocycles. The van der Waals surface area contributed by atoms with Gasteiger partial charge in [-0.05, 0) is 56.7 Å². The highest BCUT2D eigenvalue weighted by molar-refractivity contribution is 7.89. The van der Waals surface area contributed by atoms with Gasteiger partial charge in [0.2, 0.25) is 10.0 Å². The predicted octanol–water partition coefficient (Wildman–Crippen LogP) is 3.79. The molecule has 2 aromatic carbocycles. The van der Waals surface area contributed by atoms with Crippen LogP contribution in [0.25, 0.3) is 0 Å². The normalized spacial score (nSPS) is 11.5. The Morgan fingerprint density at radius 1 is 1.15 bits per heavy atom. The Balaban J connectivity index is 2.17. The smallest absolute Gasteiger partial charge is 0.238 e. The van der Waals surface area contributed by atoms with Gasteiger partial charge in [0, 0.05) is 23.3 Å².